The fraction of sp³-hybridized carbons (Fsp3) is 0.609. The molecule has 0 radical (unpaired) electrons. The normalized spacial score (nSPS) is 24.0. The van der Waals surface area contributed by atoms with Crippen LogP contribution in [0, 0.1) is 23.2 Å². The van der Waals surface area contributed by atoms with Crippen LogP contribution in [0.5, 0.6) is 5.75 Å². The van der Waals surface area contributed by atoms with Crippen molar-refractivity contribution in [2.24, 2.45) is 11.8 Å². The number of ether oxygens (including phenoxy) is 1. The van der Waals surface area contributed by atoms with E-state index in [4.69, 9.17) is 21.6 Å². The second-order valence-corrected chi connectivity index (χ2v) is 11.5. The Morgan fingerprint density at radius 2 is 1.91 bits per heavy atom. The highest BCUT2D eigenvalue weighted by atomic mass is 35.5. The molecule has 0 unspecified atom stereocenters. The Balaban J connectivity index is 1.37. The number of methoxy groups -OCH3 is 1. The lowest BCUT2D eigenvalue weighted by Gasteiger charge is -2.41. The molecule has 2 amide bonds. The molecule has 0 aromatic heterocycles. The molecule has 1 N–H and O–H groups in total. The summed E-state index contributed by atoms with van der Waals surface area (Å²) in [5.41, 5.74) is 0.716. The minimum atomic E-state index is -3.69. The summed E-state index contributed by atoms with van der Waals surface area (Å²) in [7, 11) is -2.17. The third-order valence-corrected chi connectivity index (χ3v) is 9.34. The van der Waals surface area contributed by atoms with E-state index in [1.807, 2.05) is 0 Å². The number of piperidine rings is 1. The molecule has 12 heteroatoms. The quantitative estimate of drug-likeness (QED) is 0.575. The molecule has 3 saturated heterocycles. The summed E-state index contributed by atoms with van der Waals surface area (Å²) in [6.45, 7) is 1.52. The number of rotatable bonds is 7. The van der Waals surface area contributed by atoms with Crippen LogP contribution in [-0.2, 0) is 26.3 Å². The van der Waals surface area contributed by atoms with E-state index in [-0.39, 0.29) is 43.9 Å². The molecule has 2 atom stereocenters. The van der Waals surface area contributed by atoms with Crippen LogP contribution in [0.15, 0.2) is 18.2 Å². The Hall–Kier alpha value is -2.39. The van der Waals surface area contributed by atoms with Crippen LogP contribution >= 0.6 is 11.6 Å². The summed E-state index contributed by atoms with van der Waals surface area (Å²) >= 11 is 6.32. The molecule has 190 valence electrons. The average Bonchev–Trinajstić information content (AvgIpc) is 3.32. The minimum Gasteiger partial charge on any atom is -0.495 e. The lowest BCUT2D eigenvalue weighted by molar-refractivity contribution is -0.142. The first-order valence-electron chi connectivity index (χ1n) is 11.8. The number of carbonyl (C=O) groups excluding carboxylic acids is 2. The number of nitrogens with zero attached hydrogens (tertiary/aromatic N) is 4. The molecule has 4 rings (SSSR count). The zero-order valence-electron chi connectivity index (χ0n) is 19.7. The molecule has 3 aliphatic rings. The highest BCUT2D eigenvalue weighted by Crippen LogP contribution is 2.30. The first-order valence-corrected chi connectivity index (χ1v) is 13.6. The molecule has 1 aromatic rings. The molecule has 0 saturated carbocycles. The van der Waals surface area contributed by atoms with Crippen molar-refractivity contribution in [3.05, 3.63) is 28.8 Å². The molecular formula is C23H30ClN5O5S. The summed E-state index contributed by atoms with van der Waals surface area (Å²) < 4.78 is 33.7. The van der Waals surface area contributed by atoms with Gasteiger partial charge in [0.1, 0.15) is 11.8 Å². The van der Waals surface area contributed by atoms with Gasteiger partial charge in [0.05, 0.1) is 30.0 Å². The van der Waals surface area contributed by atoms with Crippen molar-refractivity contribution in [2.45, 2.75) is 38.3 Å². The predicted octanol–water partition coefficient (Wildman–Crippen LogP) is 1.37. The van der Waals surface area contributed by atoms with Crippen LogP contribution in [0.25, 0.3) is 0 Å². The first kappa shape index (κ1) is 25.7. The number of nitriles is 1. The maximum atomic E-state index is 13.4. The van der Waals surface area contributed by atoms with E-state index in [1.165, 1.54) is 15.7 Å². The maximum absolute atomic E-state index is 13.4. The van der Waals surface area contributed by atoms with Crippen molar-refractivity contribution in [1.82, 2.24) is 18.8 Å². The number of likely N-dealkylation sites (tertiary alicyclic amines) is 1. The average molecular weight is 524 g/mol. The van der Waals surface area contributed by atoms with Gasteiger partial charge in [-0.05, 0) is 37.3 Å². The molecule has 3 fully saturated rings. The highest BCUT2D eigenvalue weighted by molar-refractivity contribution is 7.86. The number of halogens is 1. The van der Waals surface area contributed by atoms with Gasteiger partial charge in [0.15, 0.2) is 0 Å². The number of benzene rings is 1. The number of hydrogen-bond acceptors (Lipinski definition) is 6. The molecule has 3 heterocycles. The molecule has 10 nitrogen and oxygen atoms in total. The Morgan fingerprint density at radius 3 is 2.63 bits per heavy atom. The predicted molar refractivity (Wildman–Crippen MR) is 128 cm³/mol. The van der Waals surface area contributed by atoms with Gasteiger partial charge in [0, 0.05) is 39.3 Å². The fourth-order valence-corrected chi connectivity index (χ4v) is 6.97. The number of amides is 2. The summed E-state index contributed by atoms with van der Waals surface area (Å²) in [6, 6.07) is 6.82. The number of hydrogen-bond donors (Lipinski definition) is 1. The molecule has 0 bridgehead atoms. The summed E-state index contributed by atoms with van der Waals surface area (Å²) in [5, 5.41) is 12.3. The molecular weight excluding hydrogens is 494 g/mol. The smallest absolute Gasteiger partial charge is 0.282 e. The van der Waals surface area contributed by atoms with Crippen LogP contribution in [0.4, 0.5) is 0 Å². The van der Waals surface area contributed by atoms with Crippen LogP contribution in [-0.4, -0.2) is 79.6 Å². The van der Waals surface area contributed by atoms with Gasteiger partial charge in [0.2, 0.25) is 11.8 Å². The van der Waals surface area contributed by atoms with Gasteiger partial charge in [-0.15, -0.1) is 0 Å². The maximum Gasteiger partial charge on any atom is 0.282 e. The lowest BCUT2D eigenvalue weighted by atomic mass is 9.97. The number of nitrogens with one attached hydrogen (secondary N) is 1. The van der Waals surface area contributed by atoms with Crippen molar-refractivity contribution in [1.29, 1.82) is 5.26 Å². The Morgan fingerprint density at radius 1 is 1.17 bits per heavy atom. The van der Waals surface area contributed by atoms with Gasteiger partial charge in [-0.25, -0.2) is 0 Å². The van der Waals surface area contributed by atoms with Gasteiger partial charge in [-0.2, -0.15) is 22.3 Å². The second kappa shape index (κ2) is 10.7. The third-order valence-electron chi connectivity index (χ3n) is 6.97. The molecule has 0 aliphatic carbocycles. The minimum absolute atomic E-state index is 0.0964. The topological polar surface area (TPSA) is 123 Å². The lowest BCUT2D eigenvalue weighted by Crippen LogP contribution is -2.57. The SMILES string of the molecule is COc1cccc(CNC(=O)[C@H]2CCCN2C(=O)[C@H]2CCCN(S(=O)(=O)N3CC(C#N)C3)C2)c1Cl. The van der Waals surface area contributed by atoms with Crippen molar-refractivity contribution in [3.63, 3.8) is 0 Å². The van der Waals surface area contributed by atoms with Crippen molar-refractivity contribution in [3.8, 4) is 11.8 Å². The van der Waals surface area contributed by atoms with E-state index in [0.29, 0.717) is 55.1 Å². The van der Waals surface area contributed by atoms with E-state index >= 15 is 0 Å². The van der Waals surface area contributed by atoms with E-state index in [9.17, 15) is 18.0 Å². The fourth-order valence-electron chi connectivity index (χ4n) is 4.91. The van der Waals surface area contributed by atoms with E-state index < -0.39 is 22.2 Å². The van der Waals surface area contributed by atoms with Crippen LogP contribution in [0.2, 0.25) is 5.02 Å². The zero-order chi connectivity index (χ0) is 25.2. The summed E-state index contributed by atoms with van der Waals surface area (Å²) in [6.07, 6.45) is 2.42. The van der Waals surface area contributed by atoms with Gasteiger partial charge in [-0.3, -0.25) is 9.59 Å². The standard InChI is InChI=1S/C23H30ClN5O5S/c1-34-20-8-2-5-17(21(20)24)12-26-22(30)19-7-4-10-29(19)23(31)18-6-3-9-27(15-18)35(32,33)28-13-16(11-25)14-28/h2,5,8,16,18-19H,3-4,6-7,9-10,12-15H2,1H3,(H,26,30)/t18-,19+/m0/s1. The van der Waals surface area contributed by atoms with Crippen LogP contribution < -0.4 is 10.1 Å². The van der Waals surface area contributed by atoms with E-state index in [1.54, 1.807) is 23.1 Å². The third kappa shape index (κ3) is 5.26. The van der Waals surface area contributed by atoms with Crippen molar-refractivity contribution in [2.75, 3.05) is 39.8 Å². The van der Waals surface area contributed by atoms with Crippen LogP contribution in [0.3, 0.4) is 0 Å². The summed E-state index contributed by atoms with van der Waals surface area (Å²) in [5.74, 6) is -0.677. The molecule has 3 aliphatic heterocycles. The van der Waals surface area contributed by atoms with Crippen molar-refractivity contribution < 1.29 is 22.7 Å². The Bertz CT molecular complexity index is 1120. The highest BCUT2D eigenvalue weighted by Gasteiger charge is 2.44. The molecule has 35 heavy (non-hydrogen) atoms. The van der Waals surface area contributed by atoms with Crippen LogP contribution in [0.1, 0.15) is 31.2 Å². The first-order chi connectivity index (χ1) is 16.8. The Labute approximate surface area is 210 Å². The number of carbonyl (C=O) groups is 2. The van der Waals surface area contributed by atoms with Crippen molar-refractivity contribution >= 4 is 33.6 Å². The largest absolute Gasteiger partial charge is 0.495 e. The second-order valence-electron chi connectivity index (χ2n) is 9.19. The van der Waals surface area contributed by atoms with Gasteiger partial charge < -0.3 is 15.0 Å². The zero-order valence-corrected chi connectivity index (χ0v) is 21.2. The monoisotopic (exact) mass is 523 g/mol. The van der Waals surface area contributed by atoms with Gasteiger partial charge in [-0.1, -0.05) is 23.7 Å². The summed E-state index contributed by atoms with van der Waals surface area (Å²) in [4.78, 5) is 28.0. The van der Waals surface area contributed by atoms with Gasteiger partial charge in [0.25, 0.3) is 10.2 Å². The molecule has 1 aromatic carbocycles. The molecule has 0 spiro atoms. The Kier molecular flexibility index (Phi) is 7.86. The van der Waals surface area contributed by atoms with Gasteiger partial charge >= 0.3 is 0 Å². The van der Waals surface area contributed by atoms with E-state index in [2.05, 4.69) is 11.4 Å². The van der Waals surface area contributed by atoms with E-state index in [0.717, 1.165) is 0 Å².